The van der Waals surface area contributed by atoms with Gasteiger partial charge in [0.1, 0.15) is 4.99 Å². The third-order valence-corrected chi connectivity index (χ3v) is 6.49. The van der Waals surface area contributed by atoms with Crippen LogP contribution in [0, 0.1) is 18.3 Å². The van der Waals surface area contributed by atoms with Crippen LogP contribution < -0.4 is 10.5 Å². The maximum absolute atomic E-state index is 12.6. The fourth-order valence-corrected chi connectivity index (χ4v) is 4.48. The van der Waals surface area contributed by atoms with Crippen molar-refractivity contribution in [3.63, 3.8) is 0 Å². The van der Waals surface area contributed by atoms with Gasteiger partial charge < -0.3 is 5.73 Å². The van der Waals surface area contributed by atoms with Crippen molar-refractivity contribution in [2.24, 2.45) is 17.1 Å². The molecule has 21 heavy (non-hydrogen) atoms. The molecule has 2 saturated carbocycles. The van der Waals surface area contributed by atoms with E-state index < -0.39 is 10.0 Å². The van der Waals surface area contributed by atoms with Gasteiger partial charge in [-0.25, -0.2) is 13.1 Å². The Morgan fingerprint density at radius 2 is 2.10 bits per heavy atom. The summed E-state index contributed by atoms with van der Waals surface area (Å²) in [5.41, 5.74) is 7.12. The van der Waals surface area contributed by atoms with Crippen LogP contribution in [0.25, 0.3) is 0 Å². The molecule has 0 atom stereocenters. The van der Waals surface area contributed by atoms with Gasteiger partial charge in [-0.1, -0.05) is 24.4 Å². The van der Waals surface area contributed by atoms with Gasteiger partial charge in [-0.2, -0.15) is 0 Å². The molecule has 0 heterocycles. The number of thiocarbonyl (C=S) groups is 1. The lowest BCUT2D eigenvalue weighted by molar-refractivity contribution is 0.432. The van der Waals surface area contributed by atoms with Gasteiger partial charge >= 0.3 is 0 Å². The number of sulfonamides is 1. The summed E-state index contributed by atoms with van der Waals surface area (Å²) < 4.78 is 27.9. The first kappa shape index (κ1) is 14.9. The van der Waals surface area contributed by atoms with Crippen LogP contribution in [0.2, 0.25) is 0 Å². The minimum atomic E-state index is -3.51. The van der Waals surface area contributed by atoms with Crippen molar-refractivity contribution < 1.29 is 8.42 Å². The van der Waals surface area contributed by atoms with Crippen LogP contribution in [-0.4, -0.2) is 20.0 Å². The third-order valence-electron chi connectivity index (χ3n) is 4.71. The standard InChI is InChI=1S/C15H20N2O2S2/c1-10-2-3-11(14(16)20)8-13(10)21(18,19)17-9-15(6-7-15)12-4-5-12/h2-3,8,12,17H,4-7,9H2,1H3,(H2,16,20). The first-order valence-corrected chi connectivity index (χ1v) is 9.13. The van der Waals surface area contributed by atoms with Gasteiger partial charge in [0, 0.05) is 12.1 Å². The zero-order valence-electron chi connectivity index (χ0n) is 12.1. The number of nitrogens with two attached hydrogens (primary N) is 1. The van der Waals surface area contributed by atoms with Crippen LogP contribution in [0.4, 0.5) is 0 Å². The van der Waals surface area contributed by atoms with Gasteiger partial charge in [-0.3, -0.25) is 0 Å². The van der Waals surface area contributed by atoms with Crippen molar-refractivity contribution in [1.82, 2.24) is 4.72 Å². The summed E-state index contributed by atoms with van der Waals surface area (Å²) in [6, 6.07) is 5.07. The van der Waals surface area contributed by atoms with E-state index >= 15 is 0 Å². The zero-order chi connectivity index (χ0) is 15.3. The normalized spacial score (nSPS) is 20.2. The van der Waals surface area contributed by atoms with Crippen LogP contribution in [0.5, 0.6) is 0 Å². The van der Waals surface area contributed by atoms with Gasteiger partial charge in [0.2, 0.25) is 10.0 Å². The highest BCUT2D eigenvalue weighted by Crippen LogP contribution is 2.60. The number of nitrogens with one attached hydrogen (secondary N) is 1. The molecule has 114 valence electrons. The number of hydrogen-bond acceptors (Lipinski definition) is 3. The fourth-order valence-electron chi connectivity index (χ4n) is 2.94. The lowest BCUT2D eigenvalue weighted by atomic mass is 10.0. The van der Waals surface area contributed by atoms with Crippen molar-refractivity contribution in [2.45, 2.75) is 37.5 Å². The summed E-state index contributed by atoms with van der Waals surface area (Å²) in [7, 11) is -3.51. The van der Waals surface area contributed by atoms with Gasteiger partial charge in [0.25, 0.3) is 0 Å². The number of benzene rings is 1. The van der Waals surface area contributed by atoms with Gasteiger partial charge in [0.05, 0.1) is 4.90 Å². The van der Waals surface area contributed by atoms with E-state index in [-0.39, 0.29) is 15.3 Å². The second-order valence-corrected chi connectivity index (χ2v) is 8.48. The molecular formula is C15H20N2O2S2. The number of rotatable bonds is 6. The van der Waals surface area contributed by atoms with Crippen molar-refractivity contribution in [2.75, 3.05) is 6.54 Å². The molecular weight excluding hydrogens is 304 g/mol. The van der Waals surface area contributed by atoms with Crippen molar-refractivity contribution >= 4 is 27.2 Å². The fraction of sp³-hybridized carbons (Fsp3) is 0.533. The Kier molecular flexibility index (Phi) is 3.58. The Morgan fingerprint density at radius 3 is 2.62 bits per heavy atom. The van der Waals surface area contributed by atoms with E-state index in [0.717, 1.165) is 18.8 Å². The molecule has 2 aliphatic rings. The van der Waals surface area contributed by atoms with Crippen LogP contribution in [0.1, 0.15) is 36.8 Å². The van der Waals surface area contributed by atoms with Crippen LogP contribution >= 0.6 is 12.2 Å². The third kappa shape index (κ3) is 2.98. The van der Waals surface area contributed by atoms with Crippen LogP contribution in [0.15, 0.2) is 23.1 Å². The average Bonchev–Trinajstić information content (AvgIpc) is 3.28. The second-order valence-electron chi connectivity index (χ2n) is 6.31. The monoisotopic (exact) mass is 324 g/mol. The lowest BCUT2D eigenvalue weighted by Gasteiger charge is -2.16. The molecule has 2 fully saturated rings. The van der Waals surface area contributed by atoms with E-state index in [1.807, 2.05) is 0 Å². The van der Waals surface area contributed by atoms with Crippen molar-refractivity contribution in [1.29, 1.82) is 0 Å². The molecule has 6 heteroatoms. The molecule has 2 aliphatic carbocycles. The SMILES string of the molecule is Cc1ccc(C(N)=S)cc1S(=O)(=O)NCC1(C2CC2)CC1. The highest BCUT2D eigenvalue weighted by atomic mass is 32.2. The number of aryl methyl sites for hydroxylation is 1. The van der Waals surface area contributed by atoms with Gasteiger partial charge in [0.15, 0.2) is 0 Å². The molecule has 1 aromatic carbocycles. The van der Waals surface area contributed by atoms with E-state index in [2.05, 4.69) is 4.72 Å². The summed E-state index contributed by atoms with van der Waals surface area (Å²) >= 11 is 4.93. The maximum atomic E-state index is 12.6. The van der Waals surface area contributed by atoms with E-state index in [4.69, 9.17) is 18.0 Å². The Hall–Kier alpha value is -0.980. The van der Waals surface area contributed by atoms with Crippen LogP contribution in [-0.2, 0) is 10.0 Å². The highest BCUT2D eigenvalue weighted by Gasteiger charge is 2.53. The molecule has 0 saturated heterocycles. The molecule has 3 rings (SSSR count). The first-order chi connectivity index (χ1) is 9.84. The summed E-state index contributed by atoms with van der Waals surface area (Å²) in [5.74, 6) is 0.726. The summed E-state index contributed by atoms with van der Waals surface area (Å²) in [6.45, 7) is 2.34. The van der Waals surface area contributed by atoms with Crippen molar-refractivity contribution in [3.05, 3.63) is 29.3 Å². The second kappa shape index (κ2) is 5.04. The molecule has 1 aromatic rings. The first-order valence-electron chi connectivity index (χ1n) is 7.24. The van der Waals surface area contributed by atoms with E-state index in [9.17, 15) is 8.42 Å². The molecule has 0 amide bonds. The van der Waals surface area contributed by atoms with E-state index in [1.54, 1.807) is 25.1 Å². The molecule has 0 aliphatic heterocycles. The lowest BCUT2D eigenvalue weighted by Crippen LogP contribution is -2.31. The molecule has 0 radical (unpaired) electrons. The molecule has 0 spiro atoms. The molecule has 0 aromatic heterocycles. The summed E-state index contributed by atoms with van der Waals surface area (Å²) in [4.78, 5) is 0.488. The smallest absolute Gasteiger partial charge is 0.240 e. The van der Waals surface area contributed by atoms with Gasteiger partial charge in [-0.05, 0) is 55.6 Å². The van der Waals surface area contributed by atoms with Crippen molar-refractivity contribution in [3.8, 4) is 0 Å². The zero-order valence-corrected chi connectivity index (χ0v) is 13.7. The maximum Gasteiger partial charge on any atom is 0.240 e. The molecule has 3 N–H and O–H groups in total. The topological polar surface area (TPSA) is 72.2 Å². The Bertz CT molecular complexity index is 690. The quantitative estimate of drug-likeness (QED) is 0.786. The highest BCUT2D eigenvalue weighted by molar-refractivity contribution is 7.89. The number of hydrogen-bond donors (Lipinski definition) is 2. The average molecular weight is 324 g/mol. The minimum absolute atomic E-state index is 0.211. The predicted molar refractivity (Wildman–Crippen MR) is 86.6 cm³/mol. The molecule has 0 unspecified atom stereocenters. The van der Waals surface area contributed by atoms with Gasteiger partial charge in [-0.15, -0.1) is 0 Å². The summed E-state index contributed by atoms with van der Waals surface area (Å²) in [5, 5.41) is 0. The van der Waals surface area contributed by atoms with E-state index in [1.165, 1.54) is 12.8 Å². The molecule has 0 bridgehead atoms. The van der Waals surface area contributed by atoms with Crippen LogP contribution in [0.3, 0.4) is 0 Å². The minimum Gasteiger partial charge on any atom is -0.389 e. The molecule has 4 nitrogen and oxygen atoms in total. The largest absolute Gasteiger partial charge is 0.389 e. The Balaban J connectivity index is 1.81. The Labute approximate surface area is 131 Å². The summed E-state index contributed by atoms with van der Waals surface area (Å²) in [6.07, 6.45) is 4.79. The van der Waals surface area contributed by atoms with E-state index in [0.29, 0.717) is 17.7 Å². The predicted octanol–water partition coefficient (Wildman–Crippen LogP) is 2.10. The Morgan fingerprint density at radius 1 is 1.43 bits per heavy atom.